The molecule has 100 valence electrons. The van der Waals surface area contributed by atoms with Gasteiger partial charge in [-0.3, -0.25) is 0 Å². The van der Waals surface area contributed by atoms with Crippen LogP contribution in [-0.4, -0.2) is 60.0 Å². The largest absolute Gasteiger partial charge is 2.00 e. The third-order valence-corrected chi connectivity index (χ3v) is 3.61. The fourth-order valence-corrected chi connectivity index (χ4v) is 2.62. The smallest absolute Gasteiger partial charge is 1.00 e. The Kier molecular flexibility index (Phi) is 7.28. The van der Waals surface area contributed by atoms with Crippen molar-refractivity contribution in [2.45, 2.75) is 25.2 Å². The van der Waals surface area contributed by atoms with E-state index in [1.165, 1.54) is 5.56 Å². The molecule has 1 aromatic carbocycles. The first-order valence-electron chi connectivity index (χ1n) is 6.32. The Morgan fingerprint density at radius 3 is 2.47 bits per heavy atom. The molecule has 1 spiro atoms. The van der Waals surface area contributed by atoms with Gasteiger partial charge in [0.25, 0.3) is 0 Å². The zero-order valence-corrected chi connectivity index (χ0v) is 14.1. The van der Waals surface area contributed by atoms with Gasteiger partial charge >= 0.3 is 23.1 Å². The molecule has 2 aliphatic heterocycles. The van der Waals surface area contributed by atoms with Gasteiger partial charge in [0.1, 0.15) is 0 Å². The van der Waals surface area contributed by atoms with Gasteiger partial charge in [-0.2, -0.15) is 30.3 Å². The van der Waals surface area contributed by atoms with E-state index in [0.717, 1.165) is 45.7 Å². The molecule has 0 radical (unpaired) electrons. The normalized spacial score (nSPS) is 21.7. The van der Waals surface area contributed by atoms with Crippen molar-refractivity contribution < 1.29 is 26.5 Å². The van der Waals surface area contributed by atoms with E-state index in [0.29, 0.717) is 0 Å². The Hall–Kier alpha value is 0.346. The van der Waals surface area contributed by atoms with E-state index >= 15 is 0 Å². The van der Waals surface area contributed by atoms with Crippen molar-refractivity contribution in [3.63, 3.8) is 0 Å². The number of likely N-dealkylation sites (tertiary alicyclic amines) is 1. The van der Waals surface area contributed by atoms with Crippen LogP contribution in [0, 0.1) is 6.07 Å². The zero-order valence-electron chi connectivity index (χ0n) is 11.1. The number of hydrogen-bond acceptors (Lipinski definition) is 3. The summed E-state index contributed by atoms with van der Waals surface area (Å²) in [5.41, 5.74) is 1.33. The molecule has 5 heteroatoms. The maximum atomic E-state index is 5.72. The minimum absolute atomic E-state index is 0. The minimum atomic E-state index is -0.251. The SMILES string of the molecule is [Br-].[Mg+2].[c-]1cccc(CN2CCC3(CC2)OCCO3)c1. The van der Waals surface area contributed by atoms with Crippen LogP contribution in [-0.2, 0) is 16.0 Å². The summed E-state index contributed by atoms with van der Waals surface area (Å²) >= 11 is 0. The molecular formula is C14H18BrMgNO2. The standard InChI is InChI=1S/C14H18NO2.BrH.Mg/c1-2-4-13(5-3-1)12-15-8-6-14(7-9-15)16-10-11-17-14;;/h1-2,4-5H,6-12H2;1H;/q-1;;+2/p-1. The topological polar surface area (TPSA) is 21.7 Å². The Labute approximate surface area is 141 Å². The van der Waals surface area contributed by atoms with Crippen LogP contribution >= 0.6 is 0 Å². The van der Waals surface area contributed by atoms with Crippen molar-refractivity contribution in [2.75, 3.05) is 26.3 Å². The summed E-state index contributed by atoms with van der Waals surface area (Å²) in [5, 5.41) is 0. The van der Waals surface area contributed by atoms with Gasteiger partial charge in [-0.05, 0) is 6.54 Å². The first-order valence-corrected chi connectivity index (χ1v) is 6.32. The monoisotopic (exact) mass is 335 g/mol. The second-order valence-corrected chi connectivity index (χ2v) is 4.80. The molecule has 2 saturated heterocycles. The Morgan fingerprint density at radius 2 is 1.89 bits per heavy atom. The fourth-order valence-electron chi connectivity index (χ4n) is 2.62. The van der Waals surface area contributed by atoms with E-state index in [4.69, 9.17) is 9.47 Å². The fraction of sp³-hybridized carbons (Fsp3) is 0.571. The number of piperidine rings is 1. The Morgan fingerprint density at radius 1 is 1.21 bits per heavy atom. The predicted molar refractivity (Wildman–Crippen MR) is 70.2 cm³/mol. The number of benzene rings is 1. The van der Waals surface area contributed by atoms with E-state index in [2.05, 4.69) is 23.1 Å². The van der Waals surface area contributed by atoms with Gasteiger partial charge in [0.05, 0.1) is 13.2 Å². The molecule has 0 atom stereocenters. The molecule has 0 amide bonds. The molecule has 0 unspecified atom stereocenters. The van der Waals surface area contributed by atoms with Crippen molar-refractivity contribution in [1.29, 1.82) is 0 Å². The van der Waals surface area contributed by atoms with Crippen LogP contribution in [0.25, 0.3) is 0 Å². The van der Waals surface area contributed by atoms with E-state index in [1.54, 1.807) is 0 Å². The Bertz CT molecular complexity index is 361. The van der Waals surface area contributed by atoms with Gasteiger partial charge in [-0.15, -0.1) is 5.56 Å². The number of rotatable bonds is 2. The van der Waals surface area contributed by atoms with E-state index in [-0.39, 0.29) is 45.8 Å². The molecule has 0 aliphatic carbocycles. The van der Waals surface area contributed by atoms with Crippen molar-refractivity contribution in [2.24, 2.45) is 0 Å². The van der Waals surface area contributed by atoms with E-state index in [9.17, 15) is 0 Å². The maximum Gasteiger partial charge on any atom is 2.00 e. The maximum absolute atomic E-state index is 5.72. The van der Waals surface area contributed by atoms with Gasteiger partial charge in [-0.25, -0.2) is 0 Å². The quantitative estimate of drug-likeness (QED) is 0.482. The van der Waals surface area contributed by atoms with Crippen LogP contribution in [0.3, 0.4) is 0 Å². The summed E-state index contributed by atoms with van der Waals surface area (Å²) in [4.78, 5) is 2.46. The molecule has 0 aromatic heterocycles. The van der Waals surface area contributed by atoms with Crippen molar-refractivity contribution in [3.8, 4) is 0 Å². The summed E-state index contributed by atoms with van der Waals surface area (Å²) in [7, 11) is 0. The second kappa shape index (κ2) is 7.95. The number of hydrogen-bond donors (Lipinski definition) is 0. The second-order valence-electron chi connectivity index (χ2n) is 4.80. The molecule has 2 heterocycles. The number of halogens is 1. The Balaban J connectivity index is 0.000000902. The molecule has 2 fully saturated rings. The molecule has 0 N–H and O–H groups in total. The first-order chi connectivity index (χ1) is 8.36. The van der Waals surface area contributed by atoms with E-state index in [1.807, 2.05) is 12.1 Å². The average Bonchev–Trinajstić information content (AvgIpc) is 2.83. The van der Waals surface area contributed by atoms with Gasteiger partial charge < -0.3 is 31.4 Å². The summed E-state index contributed by atoms with van der Waals surface area (Å²) in [6.07, 6.45) is 1.98. The molecule has 1 aromatic rings. The van der Waals surface area contributed by atoms with Crippen molar-refractivity contribution >= 4 is 23.1 Å². The molecular weight excluding hydrogens is 318 g/mol. The number of ether oxygens (including phenoxy) is 2. The van der Waals surface area contributed by atoms with Gasteiger partial charge in [0.2, 0.25) is 0 Å². The summed E-state index contributed by atoms with van der Waals surface area (Å²) in [6.45, 7) is 4.62. The van der Waals surface area contributed by atoms with E-state index < -0.39 is 0 Å². The van der Waals surface area contributed by atoms with Crippen LogP contribution < -0.4 is 17.0 Å². The van der Waals surface area contributed by atoms with Gasteiger partial charge in [-0.1, -0.05) is 0 Å². The third kappa shape index (κ3) is 4.41. The summed E-state index contributed by atoms with van der Waals surface area (Å²) < 4.78 is 11.4. The molecule has 19 heavy (non-hydrogen) atoms. The summed E-state index contributed by atoms with van der Waals surface area (Å²) in [5.74, 6) is -0.251. The average molecular weight is 337 g/mol. The van der Waals surface area contributed by atoms with Gasteiger partial charge in [0.15, 0.2) is 5.79 Å². The van der Waals surface area contributed by atoms with Crippen LogP contribution in [0.4, 0.5) is 0 Å². The zero-order chi connectivity index (χ0) is 11.6. The molecule has 0 bridgehead atoms. The van der Waals surface area contributed by atoms with Gasteiger partial charge in [0, 0.05) is 25.9 Å². The predicted octanol–water partition coefficient (Wildman–Crippen LogP) is -1.55. The van der Waals surface area contributed by atoms with Crippen LogP contribution in [0.1, 0.15) is 18.4 Å². The van der Waals surface area contributed by atoms with Crippen LogP contribution in [0.2, 0.25) is 0 Å². The number of nitrogens with zero attached hydrogens (tertiary/aromatic N) is 1. The minimum Gasteiger partial charge on any atom is -1.00 e. The molecule has 3 nitrogen and oxygen atoms in total. The van der Waals surface area contributed by atoms with Crippen LogP contribution in [0.15, 0.2) is 24.3 Å². The van der Waals surface area contributed by atoms with Crippen molar-refractivity contribution in [1.82, 2.24) is 4.90 Å². The summed E-state index contributed by atoms with van der Waals surface area (Å²) in [6, 6.07) is 11.3. The molecule has 2 aliphatic rings. The first kappa shape index (κ1) is 17.4. The van der Waals surface area contributed by atoms with Crippen LogP contribution in [0.5, 0.6) is 0 Å². The third-order valence-electron chi connectivity index (χ3n) is 3.61. The van der Waals surface area contributed by atoms with Crippen molar-refractivity contribution in [3.05, 3.63) is 35.9 Å². The molecule has 3 rings (SSSR count). The molecule has 0 saturated carbocycles.